The zero-order valence-electron chi connectivity index (χ0n) is 16.7. The van der Waals surface area contributed by atoms with E-state index in [1.807, 2.05) is 0 Å². The van der Waals surface area contributed by atoms with E-state index in [-0.39, 0.29) is 5.69 Å². The lowest BCUT2D eigenvalue weighted by molar-refractivity contribution is -0.137. The predicted molar refractivity (Wildman–Crippen MR) is 117 cm³/mol. The highest BCUT2D eigenvalue weighted by Gasteiger charge is 2.30. The van der Waals surface area contributed by atoms with Crippen molar-refractivity contribution in [2.24, 2.45) is 0 Å². The molecule has 6 nitrogen and oxygen atoms in total. The molecule has 9 heteroatoms. The number of fused-ring (bicyclic) bond motifs is 3. The highest BCUT2D eigenvalue weighted by atomic mass is 19.4. The Hall–Kier alpha value is -4.58. The first kappa shape index (κ1) is 20.3. The Balaban J connectivity index is 1.84. The van der Waals surface area contributed by atoms with Gasteiger partial charge in [-0.25, -0.2) is 9.83 Å². The Morgan fingerprint density at radius 3 is 2.61 bits per heavy atom. The Morgan fingerprint density at radius 1 is 0.970 bits per heavy atom. The second kappa shape index (κ2) is 7.53. The van der Waals surface area contributed by atoms with Crippen LogP contribution in [-0.4, -0.2) is 19.5 Å². The van der Waals surface area contributed by atoms with Crippen LogP contribution in [0.3, 0.4) is 0 Å². The van der Waals surface area contributed by atoms with Crippen LogP contribution in [0.2, 0.25) is 0 Å². The van der Waals surface area contributed by atoms with Crippen LogP contribution < -0.4 is 5.56 Å². The van der Waals surface area contributed by atoms with Gasteiger partial charge in [-0.2, -0.15) is 13.2 Å². The van der Waals surface area contributed by atoms with Gasteiger partial charge in [0.05, 0.1) is 28.9 Å². The van der Waals surface area contributed by atoms with E-state index < -0.39 is 17.3 Å². The first-order valence-corrected chi connectivity index (χ1v) is 9.67. The average molecular weight is 443 g/mol. The molecule has 0 radical (unpaired) electrons. The number of pyridine rings is 4. The molecule has 0 spiro atoms. The molecule has 5 rings (SSSR count). The third kappa shape index (κ3) is 3.57. The van der Waals surface area contributed by atoms with Gasteiger partial charge in [0.2, 0.25) is 5.69 Å². The number of halogens is 3. The van der Waals surface area contributed by atoms with Crippen LogP contribution in [0.25, 0.3) is 43.7 Å². The van der Waals surface area contributed by atoms with Crippen molar-refractivity contribution in [2.75, 3.05) is 0 Å². The van der Waals surface area contributed by atoms with Crippen molar-refractivity contribution in [3.8, 4) is 16.9 Å². The summed E-state index contributed by atoms with van der Waals surface area (Å²) in [5, 5.41) is 0.539. The second-order valence-electron chi connectivity index (χ2n) is 7.23. The molecule has 160 valence electrons. The standard InChI is InChI=1S/C24H12F3N5O/c1-28-17-9-15(11-29-13-17)19-6-7-20-22(31-19)23-14(12-30-20)5-8-21(33)32(23)18-4-2-3-16(10-18)24(25,26)27/h2-13H. The highest BCUT2D eigenvalue weighted by Crippen LogP contribution is 2.32. The van der Waals surface area contributed by atoms with Gasteiger partial charge < -0.3 is 0 Å². The summed E-state index contributed by atoms with van der Waals surface area (Å²) >= 11 is 0. The van der Waals surface area contributed by atoms with Crippen molar-refractivity contribution in [1.29, 1.82) is 0 Å². The molecule has 0 aliphatic heterocycles. The maximum absolute atomic E-state index is 13.3. The molecule has 1 aromatic carbocycles. The molecule has 0 fully saturated rings. The van der Waals surface area contributed by atoms with Crippen molar-refractivity contribution in [2.45, 2.75) is 6.18 Å². The summed E-state index contributed by atoms with van der Waals surface area (Å²) in [6.45, 7) is 7.19. The van der Waals surface area contributed by atoms with Gasteiger partial charge in [0.15, 0.2) is 0 Å². The SMILES string of the molecule is [C-]#[N+]c1cncc(-c2ccc3ncc4ccc(=O)n(-c5cccc(C(F)(F)F)c5)c4c3n2)c1. The van der Waals surface area contributed by atoms with Crippen molar-refractivity contribution in [1.82, 2.24) is 19.5 Å². The number of hydrogen-bond donors (Lipinski definition) is 0. The zero-order valence-corrected chi connectivity index (χ0v) is 16.7. The van der Waals surface area contributed by atoms with E-state index in [0.717, 1.165) is 12.1 Å². The van der Waals surface area contributed by atoms with Gasteiger partial charge in [-0.1, -0.05) is 6.07 Å². The molecule has 0 aliphatic rings. The molecule has 33 heavy (non-hydrogen) atoms. The topological polar surface area (TPSA) is 65.0 Å². The van der Waals surface area contributed by atoms with Crippen molar-refractivity contribution in [3.05, 3.63) is 101 Å². The Labute approximate surface area is 184 Å². The van der Waals surface area contributed by atoms with E-state index in [1.165, 1.54) is 29.0 Å². The molecule has 0 amide bonds. The van der Waals surface area contributed by atoms with E-state index in [2.05, 4.69) is 19.8 Å². The number of nitrogens with zero attached hydrogens (tertiary/aromatic N) is 5. The molecular formula is C24H12F3N5O. The summed E-state index contributed by atoms with van der Waals surface area (Å²) in [5.74, 6) is 0. The minimum Gasteiger partial charge on any atom is -0.276 e. The van der Waals surface area contributed by atoms with Crippen LogP contribution in [-0.2, 0) is 6.18 Å². The second-order valence-corrected chi connectivity index (χ2v) is 7.23. The number of alkyl halides is 3. The first-order valence-electron chi connectivity index (χ1n) is 9.67. The Kier molecular flexibility index (Phi) is 4.64. The lowest BCUT2D eigenvalue weighted by Gasteiger charge is -2.14. The molecule has 0 unspecified atom stereocenters. The molecule has 0 N–H and O–H groups in total. The lowest BCUT2D eigenvalue weighted by Crippen LogP contribution is -2.18. The van der Waals surface area contributed by atoms with E-state index in [9.17, 15) is 18.0 Å². The highest BCUT2D eigenvalue weighted by molar-refractivity contribution is 6.02. The lowest BCUT2D eigenvalue weighted by atomic mass is 10.1. The number of rotatable bonds is 2. The quantitative estimate of drug-likeness (QED) is 0.265. The fourth-order valence-electron chi connectivity index (χ4n) is 3.64. The summed E-state index contributed by atoms with van der Waals surface area (Å²) < 4.78 is 41.2. The molecule has 0 saturated carbocycles. The van der Waals surface area contributed by atoms with E-state index in [0.29, 0.717) is 38.9 Å². The Bertz CT molecular complexity index is 1650. The van der Waals surface area contributed by atoms with Crippen LogP contribution in [0, 0.1) is 6.57 Å². The maximum atomic E-state index is 13.3. The van der Waals surface area contributed by atoms with Gasteiger partial charge in [0.1, 0.15) is 5.52 Å². The van der Waals surface area contributed by atoms with E-state index >= 15 is 0 Å². The van der Waals surface area contributed by atoms with Gasteiger partial charge in [0, 0.05) is 41.3 Å². The summed E-state index contributed by atoms with van der Waals surface area (Å²) in [7, 11) is 0. The molecule has 4 aromatic heterocycles. The fraction of sp³-hybridized carbons (Fsp3) is 0.0417. The summed E-state index contributed by atoms with van der Waals surface area (Å²) in [5.41, 5.74) is 1.26. The van der Waals surface area contributed by atoms with Gasteiger partial charge in [0.25, 0.3) is 5.56 Å². The van der Waals surface area contributed by atoms with Crippen molar-refractivity contribution >= 4 is 27.6 Å². The third-order valence-corrected chi connectivity index (χ3v) is 5.14. The molecule has 0 atom stereocenters. The number of hydrogen-bond acceptors (Lipinski definition) is 4. The first-order chi connectivity index (χ1) is 15.8. The predicted octanol–water partition coefficient (Wildman–Crippen LogP) is 5.57. The zero-order chi connectivity index (χ0) is 23.2. The van der Waals surface area contributed by atoms with E-state index in [4.69, 9.17) is 6.57 Å². The summed E-state index contributed by atoms with van der Waals surface area (Å²) in [6.07, 6.45) is -0.0228. The molecule has 4 heterocycles. The van der Waals surface area contributed by atoms with Crippen LogP contribution in [0.15, 0.2) is 78.0 Å². The summed E-state index contributed by atoms with van der Waals surface area (Å²) in [4.78, 5) is 29.3. The molecule has 0 saturated heterocycles. The third-order valence-electron chi connectivity index (χ3n) is 5.14. The Morgan fingerprint density at radius 2 is 1.82 bits per heavy atom. The molecule has 5 aromatic rings. The minimum absolute atomic E-state index is 0.0665. The number of aromatic nitrogens is 4. The smallest absolute Gasteiger partial charge is 0.276 e. The maximum Gasteiger partial charge on any atom is 0.416 e. The van der Waals surface area contributed by atoms with Gasteiger partial charge in [-0.3, -0.25) is 19.3 Å². The fourth-order valence-corrected chi connectivity index (χ4v) is 3.64. The minimum atomic E-state index is -4.56. The monoisotopic (exact) mass is 443 g/mol. The van der Waals surface area contributed by atoms with Gasteiger partial charge in [-0.05, 0) is 42.5 Å². The molecular weight excluding hydrogens is 431 g/mol. The normalized spacial score (nSPS) is 11.6. The van der Waals surface area contributed by atoms with Crippen LogP contribution in [0.5, 0.6) is 0 Å². The van der Waals surface area contributed by atoms with E-state index in [1.54, 1.807) is 36.7 Å². The largest absolute Gasteiger partial charge is 0.416 e. The van der Waals surface area contributed by atoms with Crippen LogP contribution in [0.1, 0.15) is 5.56 Å². The molecule has 0 aliphatic carbocycles. The van der Waals surface area contributed by atoms with Crippen LogP contribution in [0.4, 0.5) is 18.9 Å². The van der Waals surface area contributed by atoms with Crippen LogP contribution >= 0.6 is 0 Å². The molecule has 0 bridgehead atoms. The summed E-state index contributed by atoms with van der Waals surface area (Å²) in [6, 6.07) is 12.5. The van der Waals surface area contributed by atoms with Gasteiger partial charge in [-0.15, -0.1) is 0 Å². The number of benzene rings is 1. The van der Waals surface area contributed by atoms with Crippen molar-refractivity contribution in [3.63, 3.8) is 0 Å². The van der Waals surface area contributed by atoms with Crippen molar-refractivity contribution < 1.29 is 13.2 Å². The van der Waals surface area contributed by atoms with Gasteiger partial charge >= 0.3 is 6.18 Å². The average Bonchev–Trinajstić information content (AvgIpc) is 2.83.